The van der Waals surface area contributed by atoms with E-state index in [0.717, 1.165) is 31.1 Å². The van der Waals surface area contributed by atoms with Crippen LogP contribution < -0.4 is 0 Å². The summed E-state index contributed by atoms with van der Waals surface area (Å²) in [5, 5.41) is 1.73. The molecule has 0 aliphatic carbocycles. The molecule has 2 aromatic rings. The maximum Gasteiger partial charge on any atom is 0.254 e. The zero-order valence-corrected chi connectivity index (χ0v) is 17.2. The Morgan fingerprint density at radius 1 is 0.846 bits per heavy atom. The van der Waals surface area contributed by atoms with Crippen LogP contribution in [0.15, 0.2) is 42.5 Å². The van der Waals surface area contributed by atoms with Gasteiger partial charge in [0.25, 0.3) is 5.91 Å². The van der Waals surface area contributed by atoms with E-state index in [1.54, 1.807) is 18.2 Å². The van der Waals surface area contributed by atoms with Gasteiger partial charge in [-0.2, -0.15) is 0 Å². The van der Waals surface area contributed by atoms with Crippen LogP contribution in [0.4, 0.5) is 0 Å². The van der Waals surface area contributed by atoms with Crippen molar-refractivity contribution in [3.05, 3.63) is 68.7 Å². The molecule has 0 saturated carbocycles. The fourth-order valence-electron chi connectivity index (χ4n) is 2.97. The molecule has 26 heavy (non-hydrogen) atoms. The Morgan fingerprint density at radius 3 is 2.00 bits per heavy atom. The molecule has 1 aliphatic rings. The molecule has 0 N–H and O–H groups in total. The lowest BCUT2D eigenvalue weighted by Gasteiger charge is -2.34. The number of rotatable bonds is 4. The van der Waals surface area contributed by atoms with Crippen molar-refractivity contribution in [3.8, 4) is 0 Å². The van der Waals surface area contributed by atoms with E-state index in [1.165, 1.54) is 5.56 Å². The predicted octanol–water partition coefficient (Wildman–Crippen LogP) is 5.07. The number of benzene rings is 2. The molecular weight excluding hydrogens is 414 g/mol. The van der Waals surface area contributed by atoms with E-state index in [1.807, 2.05) is 17.0 Å². The molecule has 3 nitrogen and oxygen atoms in total. The number of carbonyl (C=O) groups is 1. The summed E-state index contributed by atoms with van der Waals surface area (Å²) < 4.78 is 0. The Balaban J connectivity index is 0.00000243. The van der Waals surface area contributed by atoms with Crippen LogP contribution in [0.1, 0.15) is 15.9 Å². The van der Waals surface area contributed by atoms with Gasteiger partial charge >= 0.3 is 0 Å². The molecule has 3 rings (SSSR count). The number of hydrogen-bond acceptors (Lipinski definition) is 2. The minimum absolute atomic E-state index is 0. The van der Waals surface area contributed by atoms with Crippen molar-refractivity contribution >= 4 is 53.1 Å². The summed E-state index contributed by atoms with van der Waals surface area (Å²) in [5.41, 5.74) is 1.82. The highest BCUT2D eigenvalue weighted by molar-refractivity contribution is 6.35. The van der Waals surface area contributed by atoms with E-state index >= 15 is 0 Å². The molecule has 1 aliphatic heterocycles. The zero-order chi connectivity index (χ0) is 17.8. The molecule has 1 saturated heterocycles. The van der Waals surface area contributed by atoms with Crippen LogP contribution in [0, 0.1) is 0 Å². The minimum atomic E-state index is -0.0123. The average Bonchev–Trinajstić information content (AvgIpc) is 2.60. The molecule has 0 unspecified atom stereocenters. The van der Waals surface area contributed by atoms with Gasteiger partial charge in [0.1, 0.15) is 0 Å². The highest BCUT2D eigenvalue weighted by atomic mass is 35.5. The van der Waals surface area contributed by atoms with Gasteiger partial charge in [-0.3, -0.25) is 9.69 Å². The Bertz CT molecular complexity index is 723. The summed E-state index contributed by atoms with van der Waals surface area (Å²) in [5.74, 6) is -0.0123. The highest BCUT2D eigenvalue weighted by Gasteiger charge is 2.22. The Kier molecular flexibility index (Phi) is 8.05. The fourth-order valence-corrected chi connectivity index (χ4v) is 3.62. The molecule has 1 heterocycles. The number of piperazine rings is 1. The molecule has 0 atom stereocenters. The first-order valence-corrected chi connectivity index (χ1v) is 9.37. The molecule has 0 aromatic heterocycles. The van der Waals surface area contributed by atoms with Gasteiger partial charge in [0, 0.05) is 53.4 Å². The molecule has 1 amide bonds. The molecule has 0 radical (unpaired) electrons. The van der Waals surface area contributed by atoms with Crippen LogP contribution in [0.2, 0.25) is 15.1 Å². The first kappa shape index (κ1) is 21.3. The van der Waals surface area contributed by atoms with E-state index in [2.05, 4.69) is 17.0 Å². The van der Waals surface area contributed by atoms with Gasteiger partial charge in [-0.05, 0) is 42.3 Å². The van der Waals surface area contributed by atoms with Crippen molar-refractivity contribution in [1.29, 1.82) is 0 Å². The maximum atomic E-state index is 12.6. The highest BCUT2D eigenvalue weighted by Crippen LogP contribution is 2.21. The van der Waals surface area contributed by atoms with E-state index in [9.17, 15) is 4.79 Å². The van der Waals surface area contributed by atoms with Gasteiger partial charge in [-0.15, -0.1) is 12.4 Å². The van der Waals surface area contributed by atoms with E-state index in [0.29, 0.717) is 28.7 Å². The Morgan fingerprint density at radius 2 is 1.42 bits per heavy atom. The van der Waals surface area contributed by atoms with Gasteiger partial charge in [-0.1, -0.05) is 46.9 Å². The fraction of sp³-hybridized carbons (Fsp3) is 0.316. The summed E-state index contributed by atoms with van der Waals surface area (Å²) in [6.07, 6.45) is 0.981. The maximum absolute atomic E-state index is 12.6. The second kappa shape index (κ2) is 9.82. The first-order valence-electron chi connectivity index (χ1n) is 8.23. The second-order valence-corrected chi connectivity index (χ2v) is 7.48. The van der Waals surface area contributed by atoms with Crippen LogP contribution in [0.3, 0.4) is 0 Å². The largest absolute Gasteiger partial charge is 0.336 e. The van der Waals surface area contributed by atoms with Crippen molar-refractivity contribution < 1.29 is 4.79 Å². The average molecular weight is 434 g/mol. The smallest absolute Gasteiger partial charge is 0.254 e. The molecule has 2 aromatic carbocycles. The Hall–Kier alpha value is -0.970. The van der Waals surface area contributed by atoms with Crippen LogP contribution in [-0.2, 0) is 6.42 Å². The van der Waals surface area contributed by atoms with Crippen molar-refractivity contribution in [2.45, 2.75) is 6.42 Å². The number of halogens is 4. The lowest BCUT2D eigenvalue weighted by molar-refractivity contribution is 0.0638. The van der Waals surface area contributed by atoms with Crippen molar-refractivity contribution in [3.63, 3.8) is 0 Å². The topological polar surface area (TPSA) is 23.6 Å². The van der Waals surface area contributed by atoms with Crippen molar-refractivity contribution in [2.24, 2.45) is 0 Å². The molecule has 140 valence electrons. The van der Waals surface area contributed by atoms with E-state index in [4.69, 9.17) is 34.8 Å². The van der Waals surface area contributed by atoms with Crippen molar-refractivity contribution in [2.75, 3.05) is 32.7 Å². The quantitative estimate of drug-likeness (QED) is 0.671. The third-order valence-corrected chi connectivity index (χ3v) is 5.09. The summed E-state index contributed by atoms with van der Waals surface area (Å²) in [7, 11) is 0. The second-order valence-electron chi connectivity index (χ2n) is 6.17. The summed E-state index contributed by atoms with van der Waals surface area (Å²) >= 11 is 17.9. The molecule has 0 bridgehead atoms. The standard InChI is InChI=1S/C19H19Cl3N2O.ClH/c20-16-3-1-14(2-4-16)5-6-23-7-9-24(10-8-23)19(25)15-11-17(21)13-18(22)12-15;/h1-4,11-13H,5-10H2;1H. The summed E-state index contributed by atoms with van der Waals surface area (Å²) in [6, 6.07) is 12.9. The lowest BCUT2D eigenvalue weighted by atomic mass is 10.1. The van der Waals surface area contributed by atoms with Gasteiger partial charge in [0.2, 0.25) is 0 Å². The normalized spacial score (nSPS) is 14.8. The van der Waals surface area contributed by atoms with E-state index < -0.39 is 0 Å². The predicted molar refractivity (Wildman–Crippen MR) is 111 cm³/mol. The van der Waals surface area contributed by atoms with Crippen LogP contribution in [0.5, 0.6) is 0 Å². The zero-order valence-electron chi connectivity index (χ0n) is 14.1. The van der Waals surface area contributed by atoms with Gasteiger partial charge in [-0.25, -0.2) is 0 Å². The van der Waals surface area contributed by atoms with Crippen LogP contribution in [-0.4, -0.2) is 48.4 Å². The number of nitrogens with zero attached hydrogens (tertiary/aromatic N) is 2. The van der Waals surface area contributed by atoms with Gasteiger partial charge < -0.3 is 4.90 Å². The third kappa shape index (κ3) is 5.77. The molecule has 0 spiro atoms. The van der Waals surface area contributed by atoms with Gasteiger partial charge in [0.15, 0.2) is 0 Å². The van der Waals surface area contributed by atoms with Crippen LogP contribution in [0.25, 0.3) is 0 Å². The molecular formula is C19H20Cl4N2O. The number of carbonyl (C=O) groups excluding carboxylic acids is 1. The van der Waals surface area contributed by atoms with Crippen molar-refractivity contribution in [1.82, 2.24) is 9.80 Å². The first-order chi connectivity index (χ1) is 12.0. The number of amides is 1. The summed E-state index contributed by atoms with van der Waals surface area (Å²) in [4.78, 5) is 16.8. The lowest BCUT2D eigenvalue weighted by Crippen LogP contribution is -2.49. The molecule has 1 fully saturated rings. The van der Waals surface area contributed by atoms with Gasteiger partial charge in [0.05, 0.1) is 0 Å². The third-order valence-electron chi connectivity index (χ3n) is 4.40. The monoisotopic (exact) mass is 432 g/mol. The van der Waals surface area contributed by atoms with Crippen LogP contribution >= 0.6 is 47.2 Å². The van der Waals surface area contributed by atoms with E-state index in [-0.39, 0.29) is 18.3 Å². The minimum Gasteiger partial charge on any atom is -0.336 e. The summed E-state index contributed by atoms with van der Waals surface area (Å²) in [6.45, 7) is 4.14. The number of hydrogen-bond donors (Lipinski definition) is 0. The SMILES string of the molecule is Cl.O=C(c1cc(Cl)cc(Cl)c1)N1CCN(CCc2ccc(Cl)cc2)CC1. The Labute approximate surface area is 175 Å². The molecule has 7 heteroatoms.